The SMILES string of the molecule is CC(Nc1cnn(C)c(=O)c1Cl)c1noc(-c2ccccc2)n1. The molecule has 0 aliphatic rings. The fourth-order valence-electron chi connectivity index (χ4n) is 2.02. The molecule has 1 N–H and O–H groups in total. The van der Waals surface area contributed by atoms with E-state index in [-0.39, 0.29) is 16.6 Å². The summed E-state index contributed by atoms with van der Waals surface area (Å²) in [5.41, 5.74) is 0.891. The summed E-state index contributed by atoms with van der Waals surface area (Å²) in [6, 6.07) is 9.17. The zero-order valence-corrected chi connectivity index (χ0v) is 13.3. The maximum absolute atomic E-state index is 11.8. The van der Waals surface area contributed by atoms with E-state index in [0.717, 1.165) is 5.56 Å². The molecular weight excluding hydrogens is 318 g/mol. The number of aromatic nitrogens is 4. The fraction of sp³-hybridized carbons (Fsp3) is 0.200. The highest BCUT2D eigenvalue weighted by Crippen LogP contribution is 2.23. The molecule has 8 heteroatoms. The first kappa shape index (κ1) is 15.2. The van der Waals surface area contributed by atoms with Crippen LogP contribution in [0.25, 0.3) is 11.5 Å². The summed E-state index contributed by atoms with van der Waals surface area (Å²) >= 11 is 6.03. The third-order valence-electron chi connectivity index (χ3n) is 3.30. The van der Waals surface area contributed by atoms with Gasteiger partial charge in [-0.05, 0) is 19.1 Å². The van der Waals surface area contributed by atoms with Crippen molar-refractivity contribution >= 4 is 17.3 Å². The Morgan fingerprint density at radius 2 is 2.04 bits per heavy atom. The molecule has 0 spiro atoms. The topological polar surface area (TPSA) is 85.8 Å². The highest BCUT2D eigenvalue weighted by atomic mass is 35.5. The lowest BCUT2D eigenvalue weighted by Crippen LogP contribution is -2.21. The van der Waals surface area contributed by atoms with Crippen molar-refractivity contribution in [3.8, 4) is 11.5 Å². The van der Waals surface area contributed by atoms with E-state index >= 15 is 0 Å². The van der Waals surface area contributed by atoms with Crippen LogP contribution in [0.2, 0.25) is 5.02 Å². The second-order valence-corrected chi connectivity index (χ2v) is 5.37. The van der Waals surface area contributed by atoms with Gasteiger partial charge in [0, 0.05) is 12.6 Å². The molecule has 2 heterocycles. The first-order valence-corrected chi connectivity index (χ1v) is 7.31. The number of hydrogen-bond acceptors (Lipinski definition) is 6. The average molecular weight is 332 g/mol. The van der Waals surface area contributed by atoms with E-state index in [4.69, 9.17) is 16.1 Å². The first-order valence-electron chi connectivity index (χ1n) is 6.93. The zero-order valence-electron chi connectivity index (χ0n) is 12.5. The van der Waals surface area contributed by atoms with Crippen LogP contribution in [0.3, 0.4) is 0 Å². The molecule has 0 amide bonds. The summed E-state index contributed by atoms with van der Waals surface area (Å²) in [4.78, 5) is 16.1. The molecule has 0 bridgehead atoms. The van der Waals surface area contributed by atoms with Crippen molar-refractivity contribution in [1.29, 1.82) is 0 Å². The average Bonchev–Trinajstić information content (AvgIpc) is 3.06. The summed E-state index contributed by atoms with van der Waals surface area (Å²) in [7, 11) is 1.53. The van der Waals surface area contributed by atoms with E-state index in [9.17, 15) is 4.79 Å². The predicted molar refractivity (Wildman–Crippen MR) is 86.3 cm³/mol. The minimum absolute atomic E-state index is 0.0705. The Balaban J connectivity index is 1.82. The molecule has 1 unspecified atom stereocenters. The van der Waals surface area contributed by atoms with Gasteiger partial charge in [0.2, 0.25) is 0 Å². The normalized spacial score (nSPS) is 12.1. The lowest BCUT2D eigenvalue weighted by Gasteiger charge is -2.12. The highest BCUT2D eigenvalue weighted by molar-refractivity contribution is 6.32. The van der Waals surface area contributed by atoms with Gasteiger partial charge in [-0.15, -0.1) is 0 Å². The van der Waals surface area contributed by atoms with Crippen LogP contribution in [-0.4, -0.2) is 19.9 Å². The van der Waals surface area contributed by atoms with E-state index < -0.39 is 0 Å². The van der Waals surface area contributed by atoms with Crippen LogP contribution in [0, 0.1) is 0 Å². The van der Waals surface area contributed by atoms with Gasteiger partial charge in [0.15, 0.2) is 5.82 Å². The van der Waals surface area contributed by atoms with E-state index in [1.165, 1.54) is 17.9 Å². The predicted octanol–water partition coefficient (Wildman–Crippen LogP) is 2.66. The maximum Gasteiger partial charge on any atom is 0.287 e. The molecule has 1 atom stereocenters. The van der Waals surface area contributed by atoms with Crippen molar-refractivity contribution < 1.29 is 4.52 Å². The van der Waals surface area contributed by atoms with Crippen LogP contribution in [0.4, 0.5) is 5.69 Å². The van der Waals surface area contributed by atoms with Gasteiger partial charge < -0.3 is 9.84 Å². The molecule has 2 aromatic heterocycles. The van der Waals surface area contributed by atoms with Gasteiger partial charge in [-0.1, -0.05) is 35.0 Å². The number of rotatable bonds is 4. The summed E-state index contributed by atoms with van der Waals surface area (Å²) in [5.74, 6) is 0.892. The van der Waals surface area contributed by atoms with E-state index in [2.05, 4.69) is 20.6 Å². The van der Waals surface area contributed by atoms with Crippen LogP contribution in [-0.2, 0) is 7.05 Å². The second kappa shape index (κ2) is 6.21. The number of hydrogen-bond donors (Lipinski definition) is 1. The quantitative estimate of drug-likeness (QED) is 0.791. The number of benzene rings is 1. The van der Waals surface area contributed by atoms with Crippen molar-refractivity contribution in [2.75, 3.05) is 5.32 Å². The molecule has 7 nitrogen and oxygen atoms in total. The number of nitrogens with one attached hydrogen (secondary N) is 1. The van der Waals surface area contributed by atoms with Crippen molar-refractivity contribution in [2.45, 2.75) is 13.0 Å². The molecule has 0 aliphatic carbocycles. The smallest absolute Gasteiger partial charge is 0.287 e. The van der Waals surface area contributed by atoms with Gasteiger partial charge in [0.1, 0.15) is 5.02 Å². The maximum atomic E-state index is 11.8. The van der Waals surface area contributed by atoms with Crippen LogP contribution in [0.15, 0.2) is 45.8 Å². The van der Waals surface area contributed by atoms with Crippen molar-refractivity contribution in [1.82, 2.24) is 19.9 Å². The molecule has 0 saturated carbocycles. The van der Waals surface area contributed by atoms with Gasteiger partial charge in [-0.2, -0.15) is 10.1 Å². The zero-order chi connectivity index (χ0) is 16.4. The Morgan fingerprint density at radius 1 is 1.30 bits per heavy atom. The van der Waals surface area contributed by atoms with Gasteiger partial charge in [0.25, 0.3) is 11.4 Å². The molecule has 0 saturated heterocycles. The third-order valence-corrected chi connectivity index (χ3v) is 3.67. The number of halogens is 1. The molecular formula is C15H14ClN5O2. The molecule has 0 fully saturated rings. The van der Waals surface area contributed by atoms with Crippen LogP contribution in [0.5, 0.6) is 0 Å². The Kier molecular flexibility index (Phi) is 4.12. The van der Waals surface area contributed by atoms with Crippen LogP contribution >= 0.6 is 11.6 Å². The van der Waals surface area contributed by atoms with Gasteiger partial charge >= 0.3 is 0 Å². The van der Waals surface area contributed by atoms with Crippen molar-refractivity contribution in [3.63, 3.8) is 0 Å². The van der Waals surface area contributed by atoms with Gasteiger partial charge in [-0.25, -0.2) is 4.68 Å². The van der Waals surface area contributed by atoms with Crippen LogP contribution < -0.4 is 10.9 Å². The van der Waals surface area contributed by atoms with Gasteiger partial charge in [0.05, 0.1) is 17.9 Å². The van der Waals surface area contributed by atoms with Crippen molar-refractivity contribution in [2.24, 2.45) is 7.05 Å². The largest absolute Gasteiger partial charge is 0.373 e. The molecule has 1 aromatic carbocycles. The van der Waals surface area contributed by atoms with Crippen LogP contribution in [0.1, 0.15) is 18.8 Å². The Morgan fingerprint density at radius 3 is 2.78 bits per heavy atom. The second-order valence-electron chi connectivity index (χ2n) is 4.99. The molecule has 3 aromatic rings. The first-order chi connectivity index (χ1) is 11.1. The third kappa shape index (κ3) is 3.09. The number of anilines is 1. The number of aryl methyl sites for hydroxylation is 1. The monoisotopic (exact) mass is 331 g/mol. The molecule has 3 rings (SSSR count). The van der Waals surface area contributed by atoms with E-state index in [1.54, 1.807) is 0 Å². The summed E-state index contributed by atoms with van der Waals surface area (Å²) < 4.78 is 6.43. The molecule has 23 heavy (non-hydrogen) atoms. The van der Waals surface area contributed by atoms with Crippen molar-refractivity contribution in [3.05, 3.63) is 57.7 Å². The lowest BCUT2D eigenvalue weighted by atomic mass is 10.2. The Labute approximate surface area is 136 Å². The summed E-state index contributed by atoms with van der Waals surface area (Å²) in [6.07, 6.45) is 1.48. The number of nitrogens with zero attached hydrogens (tertiary/aromatic N) is 4. The van der Waals surface area contributed by atoms with E-state index in [1.807, 2.05) is 37.3 Å². The fourth-order valence-corrected chi connectivity index (χ4v) is 2.24. The Hall–Kier alpha value is -2.67. The Bertz CT molecular complexity index is 875. The lowest BCUT2D eigenvalue weighted by molar-refractivity contribution is 0.420. The highest BCUT2D eigenvalue weighted by Gasteiger charge is 2.17. The molecule has 0 radical (unpaired) electrons. The summed E-state index contributed by atoms with van der Waals surface area (Å²) in [6.45, 7) is 1.84. The van der Waals surface area contributed by atoms with Gasteiger partial charge in [-0.3, -0.25) is 4.79 Å². The minimum atomic E-state index is -0.373. The molecule has 118 valence electrons. The molecule has 0 aliphatic heterocycles. The summed E-state index contributed by atoms with van der Waals surface area (Å²) in [5, 5.41) is 11.0. The van der Waals surface area contributed by atoms with E-state index in [0.29, 0.717) is 17.4 Å². The standard InChI is InChI=1S/C15H14ClN5O2/c1-9(18-11-8-17-21(2)15(22)12(11)16)13-19-14(23-20-13)10-6-4-3-5-7-10/h3-9,18H,1-2H3. The minimum Gasteiger partial charge on any atom is -0.373 e.